The number of Topliss-reactive ketones (excluding diaryl/α,β-unsaturated/α-hetero) is 1. The van der Waals surface area contributed by atoms with Crippen LogP contribution in [0.15, 0.2) is 54.1 Å². The van der Waals surface area contributed by atoms with Gasteiger partial charge in [-0.25, -0.2) is 0 Å². The highest BCUT2D eigenvalue weighted by Gasteiger charge is 2.46. The van der Waals surface area contributed by atoms with Gasteiger partial charge in [0.1, 0.15) is 11.5 Å². The lowest BCUT2D eigenvalue weighted by atomic mass is 9.95. The SMILES string of the molecule is CCCOc1cccc(C2/C(=C(/O)c3ccc(C)cc3)C(=O)C(=O)N2CCCN2CCOCC2)c1. The maximum Gasteiger partial charge on any atom is 0.295 e. The number of rotatable bonds is 9. The zero-order chi connectivity index (χ0) is 24.8. The number of likely N-dealkylation sites (tertiary alicyclic amines) is 1. The predicted octanol–water partition coefficient (Wildman–Crippen LogP) is 3.93. The average Bonchev–Trinajstić information content (AvgIpc) is 3.13. The molecule has 35 heavy (non-hydrogen) atoms. The van der Waals surface area contributed by atoms with Crippen molar-refractivity contribution in [1.29, 1.82) is 0 Å². The minimum absolute atomic E-state index is 0.123. The summed E-state index contributed by atoms with van der Waals surface area (Å²) in [6, 6.07) is 14.1. The molecule has 1 amide bonds. The van der Waals surface area contributed by atoms with Crippen LogP contribution in [0.2, 0.25) is 0 Å². The average molecular weight is 479 g/mol. The van der Waals surface area contributed by atoms with Gasteiger partial charge in [0, 0.05) is 31.7 Å². The second kappa shape index (κ2) is 11.5. The maximum absolute atomic E-state index is 13.2. The molecule has 0 aliphatic carbocycles. The van der Waals surface area contributed by atoms with Crippen molar-refractivity contribution in [1.82, 2.24) is 9.80 Å². The second-order valence-corrected chi connectivity index (χ2v) is 9.09. The zero-order valence-electron chi connectivity index (χ0n) is 20.5. The largest absolute Gasteiger partial charge is 0.507 e. The number of ether oxygens (including phenoxy) is 2. The predicted molar refractivity (Wildman–Crippen MR) is 134 cm³/mol. The molecule has 2 aromatic carbocycles. The van der Waals surface area contributed by atoms with Crippen molar-refractivity contribution >= 4 is 17.4 Å². The normalized spacial score (nSPS) is 20.4. The topological polar surface area (TPSA) is 79.3 Å². The third kappa shape index (κ3) is 5.74. The Morgan fingerprint density at radius 2 is 1.83 bits per heavy atom. The van der Waals surface area contributed by atoms with Gasteiger partial charge in [0.25, 0.3) is 11.7 Å². The van der Waals surface area contributed by atoms with Crippen molar-refractivity contribution in [3.63, 3.8) is 0 Å². The first-order valence-corrected chi connectivity index (χ1v) is 12.4. The summed E-state index contributed by atoms with van der Waals surface area (Å²) in [5.41, 5.74) is 2.43. The van der Waals surface area contributed by atoms with Gasteiger partial charge in [-0.3, -0.25) is 14.5 Å². The van der Waals surface area contributed by atoms with Crippen molar-refractivity contribution in [3.05, 3.63) is 70.8 Å². The summed E-state index contributed by atoms with van der Waals surface area (Å²) in [5, 5.41) is 11.2. The van der Waals surface area contributed by atoms with Crippen molar-refractivity contribution < 1.29 is 24.2 Å². The number of carbonyl (C=O) groups is 2. The molecular weight excluding hydrogens is 444 g/mol. The quantitative estimate of drug-likeness (QED) is 0.334. The summed E-state index contributed by atoms with van der Waals surface area (Å²) in [6.07, 6.45) is 1.60. The summed E-state index contributed by atoms with van der Waals surface area (Å²) in [7, 11) is 0. The van der Waals surface area contributed by atoms with Gasteiger partial charge in [0.2, 0.25) is 0 Å². The van der Waals surface area contributed by atoms with Crippen LogP contribution in [0.4, 0.5) is 0 Å². The fourth-order valence-electron chi connectivity index (χ4n) is 4.61. The zero-order valence-corrected chi connectivity index (χ0v) is 20.5. The maximum atomic E-state index is 13.2. The molecule has 7 nitrogen and oxygen atoms in total. The molecule has 7 heteroatoms. The molecule has 2 saturated heterocycles. The lowest BCUT2D eigenvalue weighted by molar-refractivity contribution is -0.140. The summed E-state index contributed by atoms with van der Waals surface area (Å²) >= 11 is 0. The Labute approximate surface area is 206 Å². The first-order chi connectivity index (χ1) is 17.0. The number of nitrogens with zero attached hydrogens (tertiary/aromatic N) is 2. The number of hydrogen-bond donors (Lipinski definition) is 1. The van der Waals surface area contributed by atoms with E-state index in [-0.39, 0.29) is 11.3 Å². The number of benzene rings is 2. The monoisotopic (exact) mass is 478 g/mol. The molecule has 0 spiro atoms. The Morgan fingerprint density at radius 1 is 1.09 bits per heavy atom. The molecule has 0 bridgehead atoms. The van der Waals surface area contributed by atoms with E-state index in [9.17, 15) is 14.7 Å². The van der Waals surface area contributed by atoms with E-state index in [1.165, 1.54) is 0 Å². The number of ketones is 1. The first kappa shape index (κ1) is 24.9. The molecule has 0 radical (unpaired) electrons. The highest BCUT2D eigenvalue weighted by atomic mass is 16.5. The van der Waals surface area contributed by atoms with Gasteiger partial charge in [0.05, 0.1) is 31.4 Å². The van der Waals surface area contributed by atoms with Crippen molar-refractivity contribution in [2.24, 2.45) is 0 Å². The Morgan fingerprint density at radius 3 is 2.54 bits per heavy atom. The highest BCUT2D eigenvalue weighted by molar-refractivity contribution is 6.46. The Balaban J connectivity index is 1.67. The molecule has 2 aliphatic heterocycles. The van der Waals surface area contributed by atoms with Gasteiger partial charge in [-0.2, -0.15) is 0 Å². The molecule has 0 saturated carbocycles. The van der Waals surface area contributed by atoms with Crippen molar-refractivity contribution in [3.8, 4) is 5.75 Å². The first-order valence-electron chi connectivity index (χ1n) is 12.4. The number of aliphatic hydroxyl groups is 1. The van der Waals surface area contributed by atoms with E-state index in [0.29, 0.717) is 37.7 Å². The van der Waals surface area contributed by atoms with Crippen LogP contribution in [0.3, 0.4) is 0 Å². The molecule has 1 N–H and O–H groups in total. The number of carbonyl (C=O) groups excluding carboxylic acids is 2. The number of amides is 1. The van der Waals surface area contributed by atoms with Crippen LogP contribution in [-0.4, -0.2) is 72.6 Å². The third-order valence-electron chi connectivity index (χ3n) is 6.49. The van der Waals surface area contributed by atoms with E-state index >= 15 is 0 Å². The summed E-state index contributed by atoms with van der Waals surface area (Å²) in [5.74, 6) is -0.702. The van der Waals surface area contributed by atoms with Gasteiger partial charge >= 0.3 is 0 Å². The van der Waals surface area contributed by atoms with E-state index in [4.69, 9.17) is 9.47 Å². The van der Waals surface area contributed by atoms with Crippen LogP contribution in [0.5, 0.6) is 5.75 Å². The van der Waals surface area contributed by atoms with E-state index in [0.717, 1.165) is 43.6 Å². The Hall–Kier alpha value is -3.16. The third-order valence-corrected chi connectivity index (χ3v) is 6.49. The molecule has 2 aliphatic rings. The van der Waals surface area contributed by atoms with E-state index in [1.807, 2.05) is 50.2 Å². The number of aryl methyl sites for hydroxylation is 1. The van der Waals surface area contributed by atoms with Gasteiger partial charge < -0.3 is 19.5 Å². The molecular formula is C28H34N2O5. The van der Waals surface area contributed by atoms with Gasteiger partial charge in [-0.15, -0.1) is 0 Å². The summed E-state index contributed by atoms with van der Waals surface area (Å²) in [4.78, 5) is 30.3. The molecule has 186 valence electrons. The van der Waals surface area contributed by atoms with Crippen LogP contribution in [0.25, 0.3) is 5.76 Å². The molecule has 1 atom stereocenters. The minimum Gasteiger partial charge on any atom is -0.507 e. The molecule has 1 unspecified atom stereocenters. The van der Waals surface area contributed by atoms with Crippen LogP contribution in [0.1, 0.15) is 42.5 Å². The molecule has 2 fully saturated rings. The van der Waals surface area contributed by atoms with Crippen molar-refractivity contribution in [2.75, 3.05) is 46.0 Å². The van der Waals surface area contributed by atoms with E-state index < -0.39 is 17.7 Å². The van der Waals surface area contributed by atoms with Crippen LogP contribution < -0.4 is 4.74 Å². The van der Waals surface area contributed by atoms with Gasteiger partial charge in [0.15, 0.2) is 0 Å². The van der Waals surface area contributed by atoms with Crippen LogP contribution >= 0.6 is 0 Å². The molecule has 4 rings (SSSR count). The lowest BCUT2D eigenvalue weighted by Crippen LogP contribution is -2.38. The van der Waals surface area contributed by atoms with Gasteiger partial charge in [-0.05, 0) is 37.5 Å². The number of hydrogen-bond acceptors (Lipinski definition) is 6. The van der Waals surface area contributed by atoms with E-state index in [1.54, 1.807) is 17.0 Å². The van der Waals surface area contributed by atoms with Crippen molar-refractivity contribution in [2.45, 2.75) is 32.7 Å². The number of morpholine rings is 1. The standard InChI is InChI=1S/C28H34N2O5/c1-3-16-35-23-7-4-6-22(19-23)25-24(26(31)21-10-8-20(2)9-11-21)27(32)28(33)30(25)13-5-12-29-14-17-34-18-15-29/h4,6-11,19,25,31H,3,5,12-18H2,1-2H3/b26-24-. The number of aliphatic hydroxyl groups excluding tert-OH is 1. The fourth-order valence-corrected chi connectivity index (χ4v) is 4.61. The molecule has 2 heterocycles. The lowest BCUT2D eigenvalue weighted by Gasteiger charge is -2.29. The highest BCUT2D eigenvalue weighted by Crippen LogP contribution is 2.40. The minimum atomic E-state index is -0.675. The molecule has 2 aromatic rings. The Kier molecular flexibility index (Phi) is 8.21. The van der Waals surface area contributed by atoms with Gasteiger partial charge in [-0.1, -0.05) is 48.9 Å². The van der Waals surface area contributed by atoms with E-state index in [2.05, 4.69) is 4.90 Å². The summed E-state index contributed by atoms with van der Waals surface area (Å²) in [6.45, 7) is 8.96. The Bertz CT molecular complexity index is 1070. The van der Waals surface area contributed by atoms with Crippen LogP contribution in [0, 0.1) is 6.92 Å². The molecule has 0 aromatic heterocycles. The second-order valence-electron chi connectivity index (χ2n) is 9.09. The smallest absolute Gasteiger partial charge is 0.295 e. The van der Waals surface area contributed by atoms with Crippen LogP contribution in [-0.2, 0) is 14.3 Å². The summed E-state index contributed by atoms with van der Waals surface area (Å²) < 4.78 is 11.2. The fraction of sp³-hybridized carbons (Fsp3) is 0.429.